The van der Waals surface area contributed by atoms with Gasteiger partial charge in [-0.05, 0) is 6.07 Å². The number of pyridine rings is 1. The van der Waals surface area contributed by atoms with Gasteiger partial charge in [-0.25, -0.2) is 4.98 Å². The first-order valence-electron chi connectivity index (χ1n) is 3.99. The average Bonchev–Trinajstić information content (AvgIpc) is 2.15. The Hall–Kier alpha value is -1.48. The molecule has 0 saturated carbocycles. The SMILES string of the molecule is COc1ncc(OC(F)(F)F)cc1B(O)O. The van der Waals surface area contributed by atoms with E-state index in [2.05, 4.69) is 14.5 Å². The third kappa shape index (κ3) is 3.28. The van der Waals surface area contributed by atoms with Crippen molar-refractivity contribution >= 4 is 12.6 Å². The first-order chi connectivity index (χ1) is 7.33. The fraction of sp³-hybridized carbons (Fsp3) is 0.286. The maximum Gasteiger partial charge on any atom is 0.573 e. The Morgan fingerprint density at radius 3 is 2.44 bits per heavy atom. The second kappa shape index (κ2) is 4.58. The zero-order valence-electron chi connectivity index (χ0n) is 8.02. The Morgan fingerprint density at radius 1 is 1.38 bits per heavy atom. The number of nitrogens with zero attached hydrogens (tertiary/aromatic N) is 1. The Morgan fingerprint density at radius 2 is 2.00 bits per heavy atom. The van der Waals surface area contributed by atoms with Gasteiger partial charge in [-0.2, -0.15) is 0 Å². The van der Waals surface area contributed by atoms with Crippen molar-refractivity contribution in [1.29, 1.82) is 0 Å². The molecule has 0 bridgehead atoms. The van der Waals surface area contributed by atoms with Crippen molar-refractivity contribution in [2.75, 3.05) is 7.11 Å². The van der Waals surface area contributed by atoms with Crippen LogP contribution in [0, 0.1) is 0 Å². The lowest BCUT2D eigenvalue weighted by molar-refractivity contribution is -0.274. The molecule has 0 spiro atoms. The van der Waals surface area contributed by atoms with Gasteiger partial charge in [-0.15, -0.1) is 13.2 Å². The minimum Gasteiger partial charge on any atom is -0.481 e. The van der Waals surface area contributed by atoms with Crippen LogP contribution in [0.2, 0.25) is 0 Å². The van der Waals surface area contributed by atoms with Crippen LogP contribution in [-0.4, -0.2) is 35.6 Å². The summed E-state index contributed by atoms with van der Waals surface area (Å²) in [6.45, 7) is 0. The van der Waals surface area contributed by atoms with Gasteiger partial charge < -0.3 is 19.5 Å². The summed E-state index contributed by atoms with van der Waals surface area (Å²) >= 11 is 0. The van der Waals surface area contributed by atoms with Crippen LogP contribution in [-0.2, 0) is 0 Å². The summed E-state index contributed by atoms with van der Waals surface area (Å²) in [7, 11) is -0.808. The second-order valence-corrected chi connectivity index (χ2v) is 2.69. The lowest BCUT2D eigenvalue weighted by atomic mass is 9.81. The summed E-state index contributed by atoms with van der Waals surface area (Å²) in [5.41, 5.74) is -0.316. The van der Waals surface area contributed by atoms with Crippen LogP contribution < -0.4 is 14.9 Å². The molecule has 0 atom stereocenters. The molecule has 0 unspecified atom stereocenters. The summed E-state index contributed by atoms with van der Waals surface area (Å²) in [5.74, 6) is -0.846. The number of aromatic nitrogens is 1. The van der Waals surface area contributed by atoms with Gasteiger partial charge in [-0.1, -0.05) is 0 Å². The van der Waals surface area contributed by atoms with Crippen LogP contribution in [0.5, 0.6) is 11.6 Å². The molecule has 0 aromatic carbocycles. The van der Waals surface area contributed by atoms with Gasteiger partial charge in [-0.3, -0.25) is 0 Å². The number of ether oxygens (including phenoxy) is 2. The van der Waals surface area contributed by atoms with Crippen molar-refractivity contribution < 1.29 is 32.7 Å². The molecule has 1 heterocycles. The van der Waals surface area contributed by atoms with E-state index in [1.165, 1.54) is 7.11 Å². The molecule has 1 aromatic heterocycles. The van der Waals surface area contributed by atoms with Crippen LogP contribution in [0.1, 0.15) is 0 Å². The zero-order valence-corrected chi connectivity index (χ0v) is 8.02. The van der Waals surface area contributed by atoms with Gasteiger partial charge in [0.05, 0.1) is 13.3 Å². The van der Waals surface area contributed by atoms with E-state index >= 15 is 0 Å². The van der Waals surface area contributed by atoms with E-state index in [9.17, 15) is 13.2 Å². The van der Waals surface area contributed by atoms with E-state index in [0.717, 1.165) is 12.3 Å². The van der Waals surface area contributed by atoms with Gasteiger partial charge in [0.2, 0.25) is 5.88 Å². The molecular formula is C7H7BF3NO4. The quantitative estimate of drug-likeness (QED) is 0.704. The highest BCUT2D eigenvalue weighted by atomic mass is 19.4. The van der Waals surface area contributed by atoms with Crippen LogP contribution in [0.3, 0.4) is 0 Å². The van der Waals surface area contributed by atoms with Crippen LogP contribution in [0.4, 0.5) is 13.2 Å². The molecule has 0 aliphatic rings. The number of rotatable bonds is 3. The van der Waals surface area contributed by atoms with Crippen LogP contribution in [0.25, 0.3) is 0 Å². The number of alkyl halides is 3. The lowest BCUT2D eigenvalue weighted by Crippen LogP contribution is -2.32. The fourth-order valence-electron chi connectivity index (χ4n) is 0.994. The van der Waals surface area contributed by atoms with Gasteiger partial charge in [0.25, 0.3) is 0 Å². The lowest BCUT2D eigenvalue weighted by Gasteiger charge is -2.11. The van der Waals surface area contributed by atoms with Crippen molar-refractivity contribution in [3.8, 4) is 11.6 Å². The van der Waals surface area contributed by atoms with E-state index < -0.39 is 19.2 Å². The third-order valence-corrected chi connectivity index (χ3v) is 1.56. The zero-order chi connectivity index (χ0) is 12.3. The number of hydrogen-bond acceptors (Lipinski definition) is 5. The Labute approximate surface area is 88.6 Å². The molecule has 1 rings (SSSR count). The minimum absolute atomic E-state index is 0.190. The average molecular weight is 237 g/mol. The summed E-state index contributed by atoms with van der Waals surface area (Å²) < 4.78 is 43.7. The topological polar surface area (TPSA) is 71.8 Å². The molecule has 16 heavy (non-hydrogen) atoms. The summed E-state index contributed by atoms with van der Waals surface area (Å²) in [6, 6.07) is 0.782. The molecule has 88 valence electrons. The third-order valence-electron chi connectivity index (χ3n) is 1.56. The van der Waals surface area contributed by atoms with E-state index in [1.54, 1.807) is 0 Å². The van der Waals surface area contributed by atoms with E-state index in [4.69, 9.17) is 10.0 Å². The van der Waals surface area contributed by atoms with E-state index in [1.807, 2.05) is 0 Å². The molecule has 0 saturated heterocycles. The number of halogens is 3. The van der Waals surface area contributed by atoms with E-state index in [0.29, 0.717) is 0 Å². The molecule has 1 aromatic rings. The molecule has 0 amide bonds. The highest BCUT2D eigenvalue weighted by Crippen LogP contribution is 2.22. The first-order valence-corrected chi connectivity index (χ1v) is 3.99. The summed E-state index contributed by atoms with van der Waals surface area (Å²) in [5, 5.41) is 17.7. The first kappa shape index (κ1) is 12.6. The monoisotopic (exact) mass is 237 g/mol. The Bertz CT molecular complexity index is 371. The largest absolute Gasteiger partial charge is 0.573 e. The number of methoxy groups -OCH3 is 1. The normalized spacial score (nSPS) is 11.1. The van der Waals surface area contributed by atoms with Gasteiger partial charge >= 0.3 is 13.5 Å². The predicted molar refractivity (Wildman–Crippen MR) is 47.3 cm³/mol. The number of hydrogen-bond donors (Lipinski definition) is 2. The Balaban J connectivity index is 3.02. The molecule has 0 fully saturated rings. The molecule has 2 N–H and O–H groups in total. The molecule has 0 radical (unpaired) electrons. The molecule has 5 nitrogen and oxygen atoms in total. The van der Waals surface area contributed by atoms with Gasteiger partial charge in [0.1, 0.15) is 5.75 Å². The maximum atomic E-state index is 11.9. The molecular weight excluding hydrogens is 230 g/mol. The molecule has 9 heteroatoms. The summed E-state index contributed by atoms with van der Waals surface area (Å²) in [6.07, 6.45) is -4.11. The van der Waals surface area contributed by atoms with Crippen molar-refractivity contribution in [2.45, 2.75) is 6.36 Å². The van der Waals surface area contributed by atoms with Crippen molar-refractivity contribution in [2.24, 2.45) is 0 Å². The minimum atomic E-state index is -4.87. The highest BCUT2D eigenvalue weighted by Gasteiger charge is 2.32. The van der Waals surface area contributed by atoms with Gasteiger partial charge in [0.15, 0.2) is 0 Å². The highest BCUT2D eigenvalue weighted by molar-refractivity contribution is 6.59. The van der Waals surface area contributed by atoms with Crippen LogP contribution in [0.15, 0.2) is 12.3 Å². The standard InChI is InChI=1S/C7H7BF3NO4/c1-15-6-5(8(13)14)2-4(3-12-6)16-7(9,10)11/h2-3,13-14H,1H3. The maximum absolute atomic E-state index is 11.9. The fourth-order valence-corrected chi connectivity index (χ4v) is 0.994. The second-order valence-electron chi connectivity index (χ2n) is 2.69. The van der Waals surface area contributed by atoms with Crippen molar-refractivity contribution in [1.82, 2.24) is 4.98 Å². The summed E-state index contributed by atoms with van der Waals surface area (Å²) in [4.78, 5) is 3.44. The van der Waals surface area contributed by atoms with Crippen molar-refractivity contribution in [3.63, 3.8) is 0 Å². The predicted octanol–water partition coefficient (Wildman–Crippen LogP) is -0.331. The van der Waals surface area contributed by atoms with Crippen molar-refractivity contribution in [3.05, 3.63) is 12.3 Å². The molecule has 0 aliphatic heterocycles. The van der Waals surface area contributed by atoms with Crippen LogP contribution >= 0.6 is 0 Å². The Kier molecular flexibility index (Phi) is 3.60. The molecule has 0 aliphatic carbocycles. The van der Waals surface area contributed by atoms with E-state index in [-0.39, 0.29) is 11.3 Å². The van der Waals surface area contributed by atoms with Gasteiger partial charge in [0, 0.05) is 5.46 Å². The smallest absolute Gasteiger partial charge is 0.481 e.